The highest BCUT2D eigenvalue weighted by Gasteiger charge is 2.64. The molecule has 0 aliphatic carbocycles. The Morgan fingerprint density at radius 1 is 0.931 bits per heavy atom. The molecule has 6 heteroatoms. The van der Waals surface area contributed by atoms with Gasteiger partial charge in [0.2, 0.25) is 11.8 Å². The van der Waals surface area contributed by atoms with Crippen molar-refractivity contribution in [3.8, 4) is 0 Å². The Balaban J connectivity index is 1.53. The molecule has 0 radical (unpaired) electrons. The zero-order valence-corrected chi connectivity index (χ0v) is 15.8. The van der Waals surface area contributed by atoms with E-state index in [0.717, 1.165) is 0 Å². The lowest BCUT2D eigenvalue weighted by molar-refractivity contribution is -0.129. The second kappa shape index (κ2) is 6.46. The molecular weight excluding hydrogens is 371 g/mol. The standard InChI is InChI=1S/C23H19FN2O3/c1-13-6-5-7-14(20(13)24)12-25-16-10-11-17(27)21(25)19-18(16)22(28)26(23(19)29)15-8-3-2-4-9-15/h2-11,16,18-19,21H,12H2,1H3/t16-,18-,19?,21+/m0/s1. The summed E-state index contributed by atoms with van der Waals surface area (Å²) in [4.78, 5) is 42.2. The van der Waals surface area contributed by atoms with E-state index in [0.29, 0.717) is 16.8 Å². The summed E-state index contributed by atoms with van der Waals surface area (Å²) in [6, 6.07) is 12.8. The van der Waals surface area contributed by atoms with Crippen LogP contribution >= 0.6 is 0 Å². The molecular formula is C23H19FN2O3. The maximum atomic E-state index is 14.6. The van der Waals surface area contributed by atoms with Crippen molar-refractivity contribution >= 4 is 23.3 Å². The molecule has 0 saturated carbocycles. The molecule has 3 aliphatic heterocycles. The van der Waals surface area contributed by atoms with Gasteiger partial charge in [-0.2, -0.15) is 0 Å². The molecule has 2 saturated heterocycles. The van der Waals surface area contributed by atoms with Crippen molar-refractivity contribution in [1.29, 1.82) is 0 Å². The first-order valence-electron chi connectivity index (χ1n) is 9.63. The molecule has 1 unspecified atom stereocenters. The number of rotatable bonds is 3. The van der Waals surface area contributed by atoms with Crippen LogP contribution in [0.4, 0.5) is 10.1 Å². The molecule has 2 aromatic rings. The minimum absolute atomic E-state index is 0.178. The van der Waals surface area contributed by atoms with E-state index in [1.54, 1.807) is 55.5 Å². The zero-order valence-electron chi connectivity index (χ0n) is 15.8. The van der Waals surface area contributed by atoms with Gasteiger partial charge in [0.05, 0.1) is 23.6 Å². The van der Waals surface area contributed by atoms with E-state index in [2.05, 4.69) is 0 Å². The fourth-order valence-electron chi connectivity index (χ4n) is 4.93. The van der Waals surface area contributed by atoms with E-state index in [9.17, 15) is 18.8 Å². The number of hydrogen-bond acceptors (Lipinski definition) is 4. The minimum atomic E-state index is -0.750. The normalized spacial score (nSPS) is 28.3. The zero-order chi connectivity index (χ0) is 20.3. The van der Waals surface area contributed by atoms with Gasteiger partial charge in [0.1, 0.15) is 5.82 Å². The van der Waals surface area contributed by atoms with Crippen molar-refractivity contribution in [2.24, 2.45) is 11.8 Å². The average Bonchev–Trinajstić information content (AvgIpc) is 3.10. The third-order valence-electron chi connectivity index (χ3n) is 6.23. The van der Waals surface area contributed by atoms with Crippen LogP contribution in [0.1, 0.15) is 11.1 Å². The van der Waals surface area contributed by atoms with Crippen molar-refractivity contribution < 1.29 is 18.8 Å². The van der Waals surface area contributed by atoms with Crippen LogP contribution < -0.4 is 4.90 Å². The molecule has 2 bridgehead atoms. The molecule has 2 aromatic carbocycles. The van der Waals surface area contributed by atoms with Gasteiger partial charge < -0.3 is 0 Å². The molecule has 3 aliphatic rings. The van der Waals surface area contributed by atoms with Crippen LogP contribution in [0.25, 0.3) is 0 Å². The van der Waals surface area contributed by atoms with Gasteiger partial charge in [-0.1, -0.05) is 42.5 Å². The van der Waals surface area contributed by atoms with Crippen LogP contribution in [0.2, 0.25) is 0 Å². The first kappa shape index (κ1) is 17.9. The number of nitrogens with zero attached hydrogens (tertiary/aromatic N) is 2. The summed E-state index contributed by atoms with van der Waals surface area (Å²) in [7, 11) is 0. The lowest BCUT2D eigenvalue weighted by atomic mass is 9.90. The molecule has 0 spiro atoms. The highest BCUT2D eigenvalue weighted by molar-refractivity contribution is 6.24. The minimum Gasteiger partial charge on any atom is -0.293 e. The highest BCUT2D eigenvalue weighted by Crippen LogP contribution is 2.47. The van der Waals surface area contributed by atoms with Gasteiger partial charge in [0.25, 0.3) is 0 Å². The Kier molecular flexibility index (Phi) is 3.99. The number of halogens is 1. The monoisotopic (exact) mass is 390 g/mol. The van der Waals surface area contributed by atoms with Gasteiger partial charge in [-0.25, -0.2) is 9.29 Å². The van der Waals surface area contributed by atoms with Crippen LogP contribution in [0.3, 0.4) is 0 Å². The fourth-order valence-corrected chi connectivity index (χ4v) is 4.93. The van der Waals surface area contributed by atoms with Gasteiger partial charge in [0, 0.05) is 18.2 Å². The summed E-state index contributed by atoms with van der Waals surface area (Å²) in [6.45, 7) is 1.87. The van der Waals surface area contributed by atoms with Crippen molar-refractivity contribution in [3.05, 3.63) is 77.6 Å². The van der Waals surface area contributed by atoms with Crippen LogP contribution in [0.5, 0.6) is 0 Å². The van der Waals surface area contributed by atoms with Crippen LogP contribution in [-0.2, 0) is 20.9 Å². The van der Waals surface area contributed by atoms with E-state index in [1.807, 2.05) is 11.0 Å². The second-order valence-corrected chi connectivity index (χ2v) is 7.82. The molecule has 146 valence electrons. The first-order chi connectivity index (χ1) is 14.0. The summed E-state index contributed by atoms with van der Waals surface area (Å²) < 4.78 is 14.6. The molecule has 5 rings (SSSR count). The van der Waals surface area contributed by atoms with Crippen LogP contribution in [-0.4, -0.2) is 34.6 Å². The average molecular weight is 390 g/mol. The predicted octanol–water partition coefficient (Wildman–Crippen LogP) is 2.63. The van der Waals surface area contributed by atoms with Crippen molar-refractivity contribution in [1.82, 2.24) is 4.90 Å². The number of para-hydroxylation sites is 1. The Hall–Kier alpha value is -3.12. The molecule has 0 N–H and O–H groups in total. The van der Waals surface area contributed by atoms with Gasteiger partial charge in [-0.3, -0.25) is 19.3 Å². The third-order valence-corrected chi connectivity index (χ3v) is 6.23. The number of ketones is 1. The topological polar surface area (TPSA) is 57.7 Å². The quantitative estimate of drug-likeness (QED) is 0.756. The Morgan fingerprint density at radius 2 is 1.66 bits per heavy atom. The molecule has 4 atom stereocenters. The summed E-state index contributed by atoms with van der Waals surface area (Å²) in [6.07, 6.45) is 3.15. The fraction of sp³-hybridized carbons (Fsp3) is 0.261. The molecule has 2 amide bonds. The Labute approximate surface area is 167 Å². The van der Waals surface area contributed by atoms with Gasteiger partial charge in [-0.05, 0) is 30.7 Å². The predicted molar refractivity (Wildman–Crippen MR) is 104 cm³/mol. The van der Waals surface area contributed by atoms with Crippen molar-refractivity contribution in [3.63, 3.8) is 0 Å². The summed E-state index contributed by atoms with van der Waals surface area (Å²) >= 11 is 0. The maximum Gasteiger partial charge on any atom is 0.239 e. The van der Waals surface area contributed by atoms with E-state index >= 15 is 0 Å². The number of fused-ring (bicyclic) bond motifs is 5. The highest BCUT2D eigenvalue weighted by atomic mass is 19.1. The lowest BCUT2D eigenvalue weighted by Crippen LogP contribution is -2.48. The molecule has 2 fully saturated rings. The summed E-state index contributed by atoms with van der Waals surface area (Å²) in [5, 5.41) is 0. The summed E-state index contributed by atoms with van der Waals surface area (Å²) in [5.41, 5.74) is 1.50. The Morgan fingerprint density at radius 3 is 2.41 bits per heavy atom. The second-order valence-electron chi connectivity index (χ2n) is 7.82. The number of carbonyl (C=O) groups is 3. The van der Waals surface area contributed by atoms with E-state index in [4.69, 9.17) is 0 Å². The van der Waals surface area contributed by atoms with E-state index in [1.165, 1.54) is 11.0 Å². The summed E-state index contributed by atoms with van der Waals surface area (Å²) in [5.74, 6) is -2.56. The number of benzene rings is 2. The first-order valence-corrected chi connectivity index (χ1v) is 9.63. The van der Waals surface area contributed by atoms with E-state index in [-0.39, 0.29) is 30.0 Å². The number of anilines is 1. The van der Waals surface area contributed by atoms with Crippen LogP contribution in [0.15, 0.2) is 60.7 Å². The lowest BCUT2D eigenvalue weighted by Gasteiger charge is -2.33. The number of carbonyl (C=O) groups excluding carboxylic acids is 3. The molecule has 3 heterocycles. The maximum absolute atomic E-state index is 14.6. The largest absolute Gasteiger partial charge is 0.293 e. The van der Waals surface area contributed by atoms with Gasteiger partial charge >= 0.3 is 0 Å². The number of imide groups is 1. The molecule has 29 heavy (non-hydrogen) atoms. The van der Waals surface area contributed by atoms with Gasteiger partial charge in [0.15, 0.2) is 5.78 Å². The van der Waals surface area contributed by atoms with Crippen molar-refractivity contribution in [2.75, 3.05) is 4.90 Å². The smallest absolute Gasteiger partial charge is 0.239 e. The van der Waals surface area contributed by atoms with Crippen LogP contribution in [0, 0.1) is 24.6 Å². The SMILES string of the molecule is Cc1cccc(CN2[C@@H]3C(=O)C=C[C@H]2[C@@H]2C(=O)N(c4ccccc4)C(=O)C23)c1F. The van der Waals surface area contributed by atoms with Crippen molar-refractivity contribution in [2.45, 2.75) is 25.6 Å². The molecule has 0 aromatic heterocycles. The number of hydrogen-bond donors (Lipinski definition) is 0. The van der Waals surface area contributed by atoms with Gasteiger partial charge in [-0.15, -0.1) is 0 Å². The van der Waals surface area contributed by atoms with E-state index < -0.39 is 23.9 Å². The number of aryl methyl sites for hydroxylation is 1. The number of amides is 2. The molecule has 5 nitrogen and oxygen atoms in total. The third kappa shape index (κ3) is 2.52. The Bertz CT molecular complexity index is 1070.